The highest BCUT2D eigenvalue weighted by atomic mass is 16.5. The number of imide groups is 2. The average molecular weight is 635 g/mol. The summed E-state index contributed by atoms with van der Waals surface area (Å²) in [6.45, 7) is 12.6. The van der Waals surface area contributed by atoms with Crippen LogP contribution in [0.2, 0.25) is 0 Å². The lowest BCUT2D eigenvalue weighted by Crippen LogP contribution is -2.51. The predicted molar refractivity (Wildman–Crippen MR) is 182 cm³/mol. The lowest BCUT2D eigenvalue weighted by atomic mass is 9.73. The van der Waals surface area contributed by atoms with Crippen molar-refractivity contribution >= 4 is 57.3 Å². The monoisotopic (exact) mass is 634 g/mol. The maximum atomic E-state index is 14.0. The molecule has 2 aliphatic carbocycles. The smallest absolute Gasteiger partial charge is 0.261 e. The molecule has 4 amide bonds. The fourth-order valence-electron chi connectivity index (χ4n) is 7.67. The van der Waals surface area contributed by atoms with Crippen molar-refractivity contribution in [3.8, 4) is 0 Å². The number of rotatable bonds is 11. The first-order valence-corrected chi connectivity index (χ1v) is 17.0. The maximum Gasteiger partial charge on any atom is 0.261 e. The second-order valence-corrected chi connectivity index (χ2v) is 13.6. The van der Waals surface area contributed by atoms with Gasteiger partial charge in [-0.1, -0.05) is 50.3 Å². The Morgan fingerprint density at radius 1 is 0.660 bits per heavy atom. The van der Waals surface area contributed by atoms with Gasteiger partial charge in [-0.05, 0) is 103 Å². The van der Waals surface area contributed by atoms with Crippen LogP contribution < -0.4 is 0 Å². The minimum absolute atomic E-state index is 0.0376. The van der Waals surface area contributed by atoms with Gasteiger partial charge in [0.25, 0.3) is 11.8 Å². The van der Waals surface area contributed by atoms with Crippen LogP contribution in [0.25, 0.3) is 33.7 Å². The van der Waals surface area contributed by atoms with Crippen LogP contribution in [0.5, 0.6) is 0 Å². The molecule has 0 saturated heterocycles. The summed E-state index contributed by atoms with van der Waals surface area (Å²) < 4.78 is 11.8. The standard InChI is InChI=1S/C39H42N2O6/c1-7-22(5)46-18-17-20(3)40-36(42)28-13-9-24-26-11-15-30-35-31(39(45)41(38(30)44)21(4)19-47-23(6)8-2)16-12-27(33(26)35)25-10-14-29(37(40)43)34(28)32(24)25/h9-16,20-23,28,31H,7-8,17-19H2,1-6H3. The molecule has 6 atom stereocenters. The van der Waals surface area contributed by atoms with Gasteiger partial charge >= 0.3 is 0 Å². The molecule has 3 aromatic rings. The second kappa shape index (κ2) is 11.8. The highest BCUT2D eigenvalue weighted by molar-refractivity contribution is 6.25. The van der Waals surface area contributed by atoms with Crippen molar-refractivity contribution in [3.63, 3.8) is 0 Å². The van der Waals surface area contributed by atoms with E-state index in [1.807, 2.05) is 83.2 Å². The van der Waals surface area contributed by atoms with E-state index in [2.05, 4.69) is 6.92 Å². The van der Waals surface area contributed by atoms with Crippen LogP contribution in [0, 0.1) is 0 Å². The molecule has 244 valence electrons. The molecule has 6 unspecified atom stereocenters. The van der Waals surface area contributed by atoms with Gasteiger partial charge in [0.15, 0.2) is 0 Å². The van der Waals surface area contributed by atoms with Crippen molar-refractivity contribution in [1.29, 1.82) is 0 Å². The predicted octanol–water partition coefficient (Wildman–Crippen LogP) is 6.98. The van der Waals surface area contributed by atoms with E-state index in [9.17, 15) is 19.2 Å². The number of hydrogen-bond donors (Lipinski definition) is 0. The van der Waals surface area contributed by atoms with Crippen molar-refractivity contribution in [2.45, 2.75) is 96.9 Å². The van der Waals surface area contributed by atoms with E-state index in [1.165, 1.54) is 9.80 Å². The molecule has 8 heteroatoms. The summed E-state index contributed by atoms with van der Waals surface area (Å²) in [7, 11) is 0. The van der Waals surface area contributed by atoms with Gasteiger partial charge in [-0.15, -0.1) is 0 Å². The van der Waals surface area contributed by atoms with E-state index in [4.69, 9.17) is 9.47 Å². The Bertz CT molecular complexity index is 1920. The molecule has 2 heterocycles. The zero-order valence-electron chi connectivity index (χ0n) is 28.0. The Balaban J connectivity index is 1.32. The first-order chi connectivity index (χ1) is 22.6. The van der Waals surface area contributed by atoms with Crippen LogP contribution in [-0.2, 0) is 19.1 Å². The molecule has 0 N–H and O–H groups in total. The third kappa shape index (κ3) is 4.71. The number of benzene rings is 3. The number of carbonyl (C=O) groups is 4. The van der Waals surface area contributed by atoms with Gasteiger partial charge in [0.1, 0.15) is 0 Å². The zero-order chi connectivity index (χ0) is 33.3. The number of carbonyl (C=O) groups excluding carboxylic acids is 4. The molecule has 0 radical (unpaired) electrons. The Labute approximate surface area is 275 Å². The quantitative estimate of drug-likeness (QED) is 0.167. The second-order valence-electron chi connectivity index (χ2n) is 13.6. The molecule has 8 nitrogen and oxygen atoms in total. The first kappa shape index (κ1) is 31.5. The Kier molecular flexibility index (Phi) is 7.92. The van der Waals surface area contributed by atoms with Crippen LogP contribution >= 0.6 is 0 Å². The van der Waals surface area contributed by atoms with Crippen molar-refractivity contribution in [2.24, 2.45) is 0 Å². The summed E-state index contributed by atoms with van der Waals surface area (Å²) in [5.74, 6) is -2.21. The Morgan fingerprint density at radius 2 is 1.13 bits per heavy atom. The fraction of sp³-hybridized carbons (Fsp3) is 0.436. The van der Waals surface area contributed by atoms with Gasteiger partial charge in [0.05, 0.1) is 36.7 Å². The van der Waals surface area contributed by atoms with E-state index in [0.717, 1.165) is 56.6 Å². The van der Waals surface area contributed by atoms with Gasteiger partial charge < -0.3 is 9.47 Å². The molecule has 3 aromatic carbocycles. The summed E-state index contributed by atoms with van der Waals surface area (Å²) in [4.78, 5) is 58.6. The third-order valence-corrected chi connectivity index (χ3v) is 10.6. The summed E-state index contributed by atoms with van der Waals surface area (Å²) in [5, 5.41) is 3.59. The first-order valence-electron chi connectivity index (χ1n) is 17.0. The zero-order valence-corrected chi connectivity index (χ0v) is 28.0. The number of hydrogen-bond acceptors (Lipinski definition) is 6. The molecule has 0 fully saturated rings. The van der Waals surface area contributed by atoms with E-state index < -0.39 is 17.9 Å². The van der Waals surface area contributed by atoms with E-state index in [-0.39, 0.29) is 48.5 Å². The van der Waals surface area contributed by atoms with Crippen LogP contribution in [0.3, 0.4) is 0 Å². The van der Waals surface area contributed by atoms with Crippen LogP contribution in [0.15, 0.2) is 36.4 Å². The number of nitrogens with zero attached hydrogens (tertiary/aromatic N) is 2. The van der Waals surface area contributed by atoms with Gasteiger partial charge in [0.2, 0.25) is 11.8 Å². The summed E-state index contributed by atoms with van der Waals surface area (Å²) in [6.07, 6.45) is 10.2. The van der Waals surface area contributed by atoms with Gasteiger partial charge in [-0.3, -0.25) is 29.0 Å². The molecule has 0 saturated carbocycles. The van der Waals surface area contributed by atoms with E-state index in [0.29, 0.717) is 24.2 Å². The Morgan fingerprint density at radius 3 is 1.62 bits per heavy atom. The lowest BCUT2D eigenvalue weighted by Gasteiger charge is -2.39. The summed E-state index contributed by atoms with van der Waals surface area (Å²) in [5.41, 5.74) is 4.36. The molecule has 0 spiro atoms. The van der Waals surface area contributed by atoms with Crippen molar-refractivity contribution < 1.29 is 28.7 Å². The Hall–Kier alpha value is -4.14. The minimum atomic E-state index is -0.588. The molecule has 0 aromatic heterocycles. The molecule has 47 heavy (non-hydrogen) atoms. The highest BCUT2D eigenvalue weighted by Gasteiger charge is 2.45. The summed E-state index contributed by atoms with van der Waals surface area (Å²) in [6, 6.07) is 6.87. The van der Waals surface area contributed by atoms with Crippen LogP contribution in [0.4, 0.5) is 0 Å². The maximum absolute atomic E-state index is 14.0. The average Bonchev–Trinajstić information content (AvgIpc) is 3.07. The van der Waals surface area contributed by atoms with Gasteiger partial charge in [-0.25, -0.2) is 0 Å². The molecular formula is C39H42N2O6. The van der Waals surface area contributed by atoms with E-state index in [1.54, 1.807) is 0 Å². The lowest BCUT2D eigenvalue weighted by molar-refractivity contribution is -0.133. The van der Waals surface area contributed by atoms with Gasteiger partial charge in [0, 0.05) is 23.8 Å². The topological polar surface area (TPSA) is 93.2 Å². The van der Waals surface area contributed by atoms with Crippen molar-refractivity contribution in [2.75, 3.05) is 13.2 Å². The van der Waals surface area contributed by atoms with Crippen molar-refractivity contribution in [1.82, 2.24) is 9.80 Å². The van der Waals surface area contributed by atoms with Crippen LogP contribution in [0.1, 0.15) is 116 Å². The molecule has 0 bridgehead atoms. The molecular weight excluding hydrogens is 592 g/mol. The molecule has 2 aliphatic heterocycles. The SMILES string of the molecule is CCC(C)OCCC(C)N1C(=O)c2ccc3c4c5c6c(ccc5c5c3c2C(C=C5)C1=O)C(=O)N(C(C)COC(C)CC)C(=O)C6C=C4. The van der Waals surface area contributed by atoms with E-state index >= 15 is 0 Å². The van der Waals surface area contributed by atoms with Crippen LogP contribution in [-0.4, -0.2) is 70.9 Å². The van der Waals surface area contributed by atoms with Gasteiger partial charge in [-0.2, -0.15) is 0 Å². The minimum Gasteiger partial charge on any atom is -0.378 e. The largest absolute Gasteiger partial charge is 0.378 e. The number of ether oxygens (including phenoxy) is 2. The normalized spacial score (nSPS) is 22.0. The fourth-order valence-corrected chi connectivity index (χ4v) is 7.67. The molecule has 4 aliphatic rings. The third-order valence-electron chi connectivity index (χ3n) is 10.6. The van der Waals surface area contributed by atoms with Crippen molar-refractivity contribution in [3.05, 3.63) is 69.8 Å². The number of amides is 4. The highest BCUT2D eigenvalue weighted by Crippen LogP contribution is 2.50. The summed E-state index contributed by atoms with van der Waals surface area (Å²) >= 11 is 0. The molecule has 7 rings (SSSR count). The number of fused-ring (bicyclic) bond motifs is 2.